The third kappa shape index (κ3) is 2.27. The summed E-state index contributed by atoms with van der Waals surface area (Å²) in [7, 11) is 0. The van der Waals surface area contributed by atoms with E-state index in [-0.39, 0.29) is 5.82 Å². The van der Waals surface area contributed by atoms with E-state index in [4.69, 9.17) is 4.74 Å². The quantitative estimate of drug-likeness (QED) is 0.901. The van der Waals surface area contributed by atoms with Gasteiger partial charge in [-0.25, -0.2) is 9.18 Å². The van der Waals surface area contributed by atoms with Gasteiger partial charge in [0.25, 0.3) is 0 Å². The Morgan fingerprint density at radius 2 is 2.11 bits per heavy atom. The lowest BCUT2D eigenvalue weighted by Crippen LogP contribution is -2.20. The molecule has 19 heavy (non-hydrogen) atoms. The molecule has 1 amide bonds. The molecule has 0 spiro atoms. The molecule has 0 unspecified atom stereocenters. The smallest absolute Gasteiger partial charge is 0.408 e. The third-order valence-electron chi connectivity index (χ3n) is 2.99. The molecule has 1 N–H and O–H groups in total. The van der Waals surface area contributed by atoms with Gasteiger partial charge in [-0.2, -0.15) is 0 Å². The van der Waals surface area contributed by atoms with Gasteiger partial charge in [0.1, 0.15) is 11.9 Å². The van der Waals surface area contributed by atoms with Crippen molar-refractivity contribution in [2.75, 3.05) is 0 Å². The maximum Gasteiger partial charge on any atom is 0.408 e. The van der Waals surface area contributed by atoms with Crippen LogP contribution in [-0.2, 0) is 4.74 Å². The molecular formula is C14H11FN2O2. The van der Waals surface area contributed by atoms with Crippen molar-refractivity contribution in [3.63, 3.8) is 0 Å². The molecule has 3 rings (SSSR count). The van der Waals surface area contributed by atoms with Gasteiger partial charge >= 0.3 is 6.09 Å². The van der Waals surface area contributed by atoms with Crippen molar-refractivity contribution in [3.05, 3.63) is 65.7 Å². The number of hydrogen-bond acceptors (Lipinski definition) is 3. The van der Waals surface area contributed by atoms with Crippen molar-refractivity contribution >= 4 is 6.09 Å². The van der Waals surface area contributed by atoms with Gasteiger partial charge < -0.3 is 10.1 Å². The second-order valence-corrected chi connectivity index (χ2v) is 4.26. The normalized spacial score (nSPS) is 21.8. The first-order chi connectivity index (χ1) is 9.24. The first-order valence-electron chi connectivity index (χ1n) is 5.87. The maximum atomic E-state index is 13.3. The molecule has 4 nitrogen and oxygen atoms in total. The number of cyclic esters (lactones) is 1. The van der Waals surface area contributed by atoms with Gasteiger partial charge in [-0.15, -0.1) is 0 Å². The van der Waals surface area contributed by atoms with Crippen LogP contribution in [0.2, 0.25) is 0 Å². The van der Waals surface area contributed by atoms with Crippen LogP contribution in [0.4, 0.5) is 9.18 Å². The Morgan fingerprint density at radius 3 is 2.84 bits per heavy atom. The topological polar surface area (TPSA) is 51.2 Å². The zero-order chi connectivity index (χ0) is 13.2. The molecule has 1 aliphatic heterocycles. The third-order valence-corrected chi connectivity index (χ3v) is 2.99. The molecule has 1 saturated heterocycles. The number of benzene rings is 1. The Morgan fingerprint density at radius 1 is 1.21 bits per heavy atom. The van der Waals surface area contributed by atoms with Crippen LogP contribution in [0, 0.1) is 5.82 Å². The van der Waals surface area contributed by atoms with Gasteiger partial charge in [0.05, 0.1) is 5.69 Å². The number of amides is 1. The number of alkyl carbamates (subject to hydrolysis) is 1. The summed E-state index contributed by atoms with van der Waals surface area (Å²) in [6.45, 7) is 0. The Bertz CT molecular complexity index is 603. The predicted octanol–water partition coefficient (Wildman–Crippen LogP) is 2.74. The van der Waals surface area contributed by atoms with E-state index < -0.39 is 18.2 Å². The second kappa shape index (κ2) is 4.68. The van der Waals surface area contributed by atoms with Crippen LogP contribution in [0.1, 0.15) is 23.4 Å². The average molecular weight is 258 g/mol. The molecular weight excluding hydrogens is 247 g/mol. The summed E-state index contributed by atoms with van der Waals surface area (Å²) in [6.07, 6.45) is 0.547. The Balaban J connectivity index is 1.97. The van der Waals surface area contributed by atoms with Crippen molar-refractivity contribution in [2.24, 2.45) is 0 Å². The molecule has 0 aliphatic carbocycles. The predicted molar refractivity (Wildman–Crippen MR) is 65.7 cm³/mol. The lowest BCUT2D eigenvalue weighted by Gasteiger charge is -2.16. The van der Waals surface area contributed by atoms with E-state index in [1.54, 1.807) is 30.5 Å². The van der Waals surface area contributed by atoms with Gasteiger partial charge in [-0.1, -0.05) is 18.2 Å². The summed E-state index contributed by atoms with van der Waals surface area (Å²) < 4.78 is 18.5. The van der Waals surface area contributed by atoms with Gasteiger partial charge in [0, 0.05) is 6.20 Å². The molecule has 1 aromatic carbocycles. The number of carbonyl (C=O) groups excluding carboxylic acids is 1. The molecule has 1 aromatic heterocycles. The summed E-state index contributed by atoms with van der Waals surface area (Å²) in [4.78, 5) is 15.6. The lowest BCUT2D eigenvalue weighted by molar-refractivity contribution is 0.131. The van der Waals surface area contributed by atoms with Crippen molar-refractivity contribution in [1.82, 2.24) is 10.3 Å². The fourth-order valence-corrected chi connectivity index (χ4v) is 2.15. The summed E-state index contributed by atoms with van der Waals surface area (Å²) in [5.74, 6) is -0.361. The molecule has 0 saturated carbocycles. The Labute approximate surface area is 109 Å². The second-order valence-electron chi connectivity index (χ2n) is 4.26. The van der Waals surface area contributed by atoms with E-state index in [0.717, 1.165) is 0 Å². The van der Waals surface area contributed by atoms with E-state index in [1.165, 1.54) is 12.1 Å². The van der Waals surface area contributed by atoms with E-state index in [0.29, 0.717) is 11.3 Å². The van der Waals surface area contributed by atoms with Crippen LogP contribution < -0.4 is 5.32 Å². The highest BCUT2D eigenvalue weighted by molar-refractivity contribution is 5.71. The molecule has 1 fully saturated rings. The summed E-state index contributed by atoms with van der Waals surface area (Å²) in [5, 5.41) is 2.69. The maximum absolute atomic E-state index is 13.3. The number of pyridine rings is 1. The number of hydrogen-bond donors (Lipinski definition) is 1. The van der Waals surface area contributed by atoms with Gasteiger partial charge in [-0.05, 0) is 29.8 Å². The standard InChI is InChI=1S/C14H11FN2O2/c15-10-5-3-4-9(8-10)13-12(17-14(18)19-13)11-6-1-2-7-16-11/h1-8,12-13H,(H,17,18)/t12-,13-/m0/s1. The number of halogens is 1. The first kappa shape index (κ1) is 11.6. The number of nitrogens with one attached hydrogen (secondary N) is 1. The molecule has 96 valence electrons. The summed E-state index contributed by atoms with van der Waals surface area (Å²) in [5.41, 5.74) is 1.29. The molecule has 2 heterocycles. The molecule has 2 aromatic rings. The largest absolute Gasteiger partial charge is 0.439 e. The number of aromatic nitrogens is 1. The summed E-state index contributed by atoms with van der Waals surface area (Å²) in [6, 6.07) is 11.0. The van der Waals surface area contributed by atoms with Crippen LogP contribution in [0.25, 0.3) is 0 Å². The van der Waals surface area contributed by atoms with Crippen LogP contribution >= 0.6 is 0 Å². The van der Waals surface area contributed by atoms with Crippen molar-refractivity contribution in [3.8, 4) is 0 Å². The molecule has 0 bridgehead atoms. The highest BCUT2D eigenvalue weighted by atomic mass is 19.1. The van der Waals surface area contributed by atoms with Crippen molar-refractivity contribution in [2.45, 2.75) is 12.1 Å². The van der Waals surface area contributed by atoms with Crippen LogP contribution in [0.3, 0.4) is 0 Å². The number of carbonyl (C=O) groups is 1. The fourth-order valence-electron chi connectivity index (χ4n) is 2.15. The van der Waals surface area contributed by atoms with Crippen LogP contribution in [0.5, 0.6) is 0 Å². The highest BCUT2D eigenvalue weighted by Crippen LogP contribution is 2.35. The Hall–Kier alpha value is -2.43. The molecule has 0 radical (unpaired) electrons. The van der Waals surface area contributed by atoms with E-state index in [9.17, 15) is 9.18 Å². The lowest BCUT2D eigenvalue weighted by atomic mass is 10.00. The zero-order valence-electron chi connectivity index (χ0n) is 9.92. The number of nitrogens with zero attached hydrogens (tertiary/aromatic N) is 1. The molecule has 2 atom stereocenters. The first-order valence-corrected chi connectivity index (χ1v) is 5.87. The highest BCUT2D eigenvalue weighted by Gasteiger charge is 2.37. The van der Waals surface area contributed by atoms with E-state index >= 15 is 0 Å². The number of rotatable bonds is 2. The van der Waals surface area contributed by atoms with Gasteiger partial charge in [0.15, 0.2) is 6.10 Å². The Kier molecular flexibility index (Phi) is 2.87. The van der Waals surface area contributed by atoms with E-state index in [2.05, 4.69) is 10.3 Å². The summed E-state index contributed by atoms with van der Waals surface area (Å²) >= 11 is 0. The SMILES string of the molecule is O=C1N[C@@H](c2ccccn2)[C@H](c2cccc(F)c2)O1. The minimum atomic E-state index is -0.571. The zero-order valence-corrected chi connectivity index (χ0v) is 9.92. The molecule has 1 aliphatic rings. The minimum absolute atomic E-state index is 0.361. The van der Waals surface area contributed by atoms with E-state index in [1.807, 2.05) is 6.07 Å². The monoisotopic (exact) mass is 258 g/mol. The minimum Gasteiger partial charge on any atom is -0.439 e. The fraction of sp³-hybridized carbons (Fsp3) is 0.143. The number of ether oxygens (including phenoxy) is 1. The van der Waals surface area contributed by atoms with Crippen molar-refractivity contribution in [1.29, 1.82) is 0 Å². The molecule has 5 heteroatoms. The average Bonchev–Trinajstić information content (AvgIpc) is 2.82. The van der Waals surface area contributed by atoms with Crippen LogP contribution in [0.15, 0.2) is 48.7 Å². The van der Waals surface area contributed by atoms with Crippen molar-refractivity contribution < 1.29 is 13.9 Å². The van der Waals surface area contributed by atoms with Gasteiger partial charge in [-0.3, -0.25) is 4.98 Å². The van der Waals surface area contributed by atoms with Crippen LogP contribution in [-0.4, -0.2) is 11.1 Å². The van der Waals surface area contributed by atoms with Gasteiger partial charge in [0.2, 0.25) is 0 Å².